The molecule has 1 aromatic carbocycles. The van der Waals surface area contributed by atoms with Gasteiger partial charge in [-0.05, 0) is 44.2 Å². The molecule has 0 saturated heterocycles. The van der Waals surface area contributed by atoms with Gasteiger partial charge in [0.15, 0.2) is 0 Å². The number of phenols is 1. The number of nitrogens with one attached hydrogen (secondary N) is 4. The molecule has 0 unspecified atom stereocenters. The number of phenolic OH excluding ortho intramolecular Hbond substituents is 1. The summed E-state index contributed by atoms with van der Waals surface area (Å²) in [6, 6.07) is 2.05. The number of aliphatic hydroxyl groups is 1. The molecule has 0 aliphatic heterocycles. The van der Waals surface area contributed by atoms with Gasteiger partial charge in [-0.2, -0.15) is 0 Å². The van der Waals surface area contributed by atoms with E-state index in [9.17, 15) is 34.2 Å². The van der Waals surface area contributed by atoms with Crippen LogP contribution < -0.4 is 21.3 Å². The molecule has 0 saturated carbocycles. The van der Waals surface area contributed by atoms with Crippen LogP contribution in [0.15, 0.2) is 42.5 Å². The zero-order chi connectivity index (χ0) is 31.1. The van der Waals surface area contributed by atoms with E-state index in [0.717, 1.165) is 6.08 Å². The molecule has 12 nitrogen and oxygen atoms in total. The molecule has 0 bridgehead atoms. The highest BCUT2D eigenvalue weighted by molar-refractivity contribution is 6.00. The van der Waals surface area contributed by atoms with Crippen molar-refractivity contribution >= 4 is 29.6 Å². The summed E-state index contributed by atoms with van der Waals surface area (Å²) in [5, 5.41) is 30.1. The lowest BCUT2D eigenvalue weighted by molar-refractivity contribution is -0.137. The van der Waals surface area contributed by atoms with Crippen LogP contribution in [0.25, 0.3) is 0 Å². The van der Waals surface area contributed by atoms with Crippen molar-refractivity contribution < 1.29 is 38.9 Å². The van der Waals surface area contributed by atoms with Gasteiger partial charge in [0.1, 0.15) is 24.0 Å². The zero-order valence-corrected chi connectivity index (χ0v) is 24.4. The van der Waals surface area contributed by atoms with E-state index < -0.39 is 54.5 Å². The van der Waals surface area contributed by atoms with Crippen LogP contribution in [0.3, 0.4) is 0 Å². The van der Waals surface area contributed by atoms with Crippen molar-refractivity contribution in [3.05, 3.63) is 53.6 Å². The van der Waals surface area contributed by atoms with Gasteiger partial charge in [-0.15, -0.1) is 0 Å². The predicted molar refractivity (Wildman–Crippen MR) is 152 cm³/mol. The van der Waals surface area contributed by atoms with Crippen LogP contribution in [0, 0.1) is 18.8 Å². The number of allylic oxidation sites excluding steroid dienone is 2. The molecule has 0 aromatic heterocycles. The first-order valence-corrected chi connectivity index (χ1v) is 13.4. The van der Waals surface area contributed by atoms with Gasteiger partial charge in [0.25, 0.3) is 5.91 Å². The molecule has 41 heavy (non-hydrogen) atoms. The Labute approximate surface area is 240 Å². The maximum Gasteiger partial charge on any atom is 0.330 e. The van der Waals surface area contributed by atoms with Gasteiger partial charge in [-0.3, -0.25) is 19.2 Å². The first-order chi connectivity index (χ1) is 19.3. The van der Waals surface area contributed by atoms with E-state index in [1.165, 1.54) is 36.4 Å². The maximum absolute atomic E-state index is 13.1. The Morgan fingerprint density at radius 1 is 0.927 bits per heavy atom. The fraction of sp³-hybridized carbons (Fsp3) is 0.483. The lowest BCUT2D eigenvalue weighted by atomic mass is 10.0. The minimum atomic E-state index is -1.36. The molecule has 4 amide bonds. The number of carbonyl (C=O) groups is 5. The highest BCUT2D eigenvalue weighted by atomic mass is 16.5. The second kappa shape index (κ2) is 17.5. The number of amides is 4. The van der Waals surface area contributed by atoms with Crippen LogP contribution in [-0.2, 0) is 23.9 Å². The largest absolute Gasteiger partial charge is 0.508 e. The third-order valence-corrected chi connectivity index (χ3v) is 5.82. The smallest absolute Gasteiger partial charge is 0.330 e. The Balaban J connectivity index is 2.90. The van der Waals surface area contributed by atoms with Crippen molar-refractivity contribution in [2.45, 2.75) is 66.2 Å². The summed E-state index contributed by atoms with van der Waals surface area (Å²) in [4.78, 5) is 62.6. The van der Waals surface area contributed by atoms with Crippen molar-refractivity contribution in [3.8, 4) is 5.75 Å². The normalized spacial score (nSPS) is 13.6. The molecule has 12 heteroatoms. The Morgan fingerprint density at radius 2 is 1.59 bits per heavy atom. The zero-order valence-electron chi connectivity index (χ0n) is 24.4. The minimum absolute atomic E-state index is 0.0631. The highest BCUT2D eigenvalue weighted by Gasteiger charge is 2.30. The van der Waals surface area contributed by atoms with Gasteiger partial charge in [-0.1, -0.05) is 45.9 Å². The Hall–Kier alpha value is -4.19. The molecule has 0 spiro atoms. The molecule has 1 aromatic rings. The standard InChI is InChI=1S/C29H42N4O8/c1-7-41-25(37)14-9-8-13-24(36)31-23(15-17(2)3)32-28(39)21(16-34)30-29(40)26(18(4)5)33-27(38)20-11-10-12-22(35)19(20)6/h8-14,17-18,21,23,26,34-35H,7,15-16H2,1-6H3,(H,30,40)(H,31,36)(H,32,39)(H,33,38)/b13-8+,14-9+/t21-,23-,26-/m0/s1. The summed E-state index contributed by atoms with van der Waals surface area (Å²) in [6.45, 7) is 9.93. The number of ether oxygens (including phenoxy) is 1. The van der Waals surface area contributed by atoms with Gasteiger partial charge < -0.3 is 36.2 Å². The maximum atomic E-state index is 13.1. The number of benzene rings is 1. The van der Waals surface area contributed by atoms with Crippen LogP contribution >= 0.6 is 0 Å². The van der Waals surface area contributed by atoms with E-state index in [2.05, 4.69) is 21.3 Å². The van der Waals surface area contributed by atoms with Crippen LogP contribution in [-0.4, -0.2) is 71.3 Å². The van der Waals surface area contributed by atoms with Crippen LogP contribution in [0.4, 0.5) is 0 Å². The molecule has 0 heterocycles. The Kier molecular flexibility index (Phi) is 14.9. The summed E-state index contributed by atoms with van der Waals surface area (Å²) in [6.07, 6.45) is 4.54. The average molecular weight is 575 g/mol. The Bertz CT molecular complexity index is 1130. The number of hydrogen-bond acceptors (Lipinski definition) is 8. The summed E-state index contributed by atoms with van der Waals surface area (Å²) in [7, 11) is 0. The number of carbonyl (C=O) groups excluding carboxylic acids is 5. The fourth-order valence-corrected chi connectivity index (χ4v) is 3.66. The van der Waals surface area contributed by atoms with Crippen molar-refractivity contribution in [1.82, 2.24) is 21.3 Å². The number of esters is 1. The second-order valence-corrected chi connectivity index (χ2v) is 10.1. The third-order valence-electron chi connectivity index (χ3n) is 5.82. The van der Waals surface area contributed by atoms with Crippen molar-refractivity contribution in [2.75, 3.05) is 13.2 Å². The molecule has 0 fully saturated rings. The first kappa shape index (κ1) is 34.8. The average Bonchev–Trinajstić information content (AvgIpc) is 2.89. The number of aromatic hydroxyl groups is 1. The summed E-state index contributed by atoms with van der Waals surface area (Å²) in [5.74, 6) is -3.48. The van der Waals surface area contributed by atoms with Gasteiger partial charge >= 0.3 is 5.97 Å². The van der Waals surface area contributed by atoms with E-state index in [4.69, 9.17) is 4.74 Å². The first-order valence-electron chi connectivity index (χ1n) is 13.4. The molecule has 0 aliphatic rings. The van der Waals surface area contributed by atoms with Gasteiger partial charge in [0.05, 0.1) is 13.2 Å². The van der Waals surface area contributed by atoms with Crippen LogP contribution in [0.2, 0.25) is 0 Å². The van der Waals surface area contributed by atoms with Crippen LogP contribution in [0.5, 0.6) is 5.75 Å². The molecular formula is C29H42N4O8. The lowest BCUT2D eigenvalue weighted by Gasteiger charge is -2.27. The van der Waals surface area contributed by atoms with E-state index >= 15 is 0 Å². The quantitative estimate of drug-likeness (QED) is 0.0782. The molecule has 3 atom stereocenters. The highest BCUT2D eigenvalue weighted by Crippen LogP contribution is 2.19. The molecular weight excluding hydrogens is 532 g/mol. The Morgan fingerprint density at radius 3 is 2.17 bits per heavy atom. The molecule has 0 radical (unpaired) electrons. The van der Waals surface area contributed by atoms with Gasteiger partial charge in [-0.25, -0.2) is 4.79 Å². The van der Waals surface area contributed by atoms with E-state index in [-0.39, 0.29) is 29.8 Å². The van der Waals surface area contributed by atoms with E-state index in [1.54, 1.807) is 27.7 Å². The lowest BCUT2D eigenvalue weighted by Crippen LogP contribution is -2.59. The van der Waals surface area contributed by atoms with E-state index in [1.807, 2.05) is 13.8 Å². The third kappa shape index (κ3) is 12.2. The SMILES string of the molecule is CCOC(=O)/C=C/C=C/C(=O)N[C@H](CC(C)C)NC(=O)[C@H](CO)NC(=O)[C@@H](NC(=O)c1cccc(O)c1C)C(C)C. The number of rotatable bonds is 15. The van der Waals surface area contributed by atoms with E-state index in [0.29, 0.717) is 12.0 Å². The summed E-state index contributed by atoms with van der Waals surface area (Å²) in [5.41, 5.74) is 0.543. The molecule has 6 N–H and O–H groups in total. The minimum Gasteiger partial charge on any atom is -0.508 e. The molecule has 226 valence electrons. The second-order valence-electron chi connectivity index (χ2n) is 10.1. The van der Waals surface area contributed by atoms with Gasteiger partial charge in [0, 0.05) is 23.3 Å². The van der Waals surface area contributed by atoms with Crippen molar-refractivity contribution in [3.63, 3.8) is 0 Å². The number of hydrogen-bond donors (Lipinski definition) is 6. The monoisotopic (exact) mass is 574 g/mol. The topological polar surface area (TPSA) is 183 Å². The predicted octanol–water partition coefficient (Wildman–Crippen LogP) is 1.21. The summed E-state index contributed by atoms with van der Waals surface area (Å²) >= 11 is 0. The van der Waals surface area contributed by atoms with Crippen molar-refractivity contribution in [2.24, 2.45) is 11.8 Å². The molecule has 0 aliphatic carbocycles. The van der Waals surface area contributed by atoms with Crippen LogP contribution in [0.1, 0.15) is 57.0 Å². The summed E-state index contributed by atoms with van der Waals surface area (Å²) < 4.78 is 4.75. The van der Waals surface area contributed by atoms with Crippen molar-refractivity contribution in [1.29, 1.82) is 0 Å². The number of aliphatic hydroxyl groups excluding tert-OH is 1. The molecule has 1 rings (SSSR count). The fourth-order valence-electron chi connectivity index (χ4n) is 3.66. The van der Waals surface area contributed by atoms with Gasteiger partial charge in [0.2, 0.25) is 17.7 Å².